The van der Waals surface area contributed by atoms with Gasteiger partial charge in [0.15, 0.2) is 9.84 Å². The van der Waals surface area contributed by atoms with E-state index in [0.717, 1.165) is 5.82 Å². The quantitative estimate of drug-likeness (QED) is 0.790. The lowest BCUT2D eigenvalue weighted by atomic mass is 10.2. The monoisotopic (exact) mass is 285 g/mol. The van der Waals surface area contributed by atoms with E-state index in [9.17, 15) is 8.42 Å². The molecule has 1 aliphatic rings. The van der Waals surface area contributed by atoms with E-state index in [1.807, 2.05) is 17.9 Å². The molecule has 2 rings (SSSR count). The highest BCUT2D eigenvalue weighted by molar-refractivity contribution is 7.91. The van der Waals surface area contributed by atoms with Crippen LogP contribution in [0, 0.1) is 0 Å². The van der Waals surface area contributed by atoms with Crippen molar-refractivity contribution >= 4 is 32.9 Å². The first-order chi connectivity index (χ1) is 8.39. The summed E-state index contributed by atoms with van der Waals surface area (Å²) in [5.41, 5.74) is 6.22. The van der Waals surface area contributed by atoms with Crippen molar-refractivity contribution in [2.75, 3.05) is 23.0 Å². The molecule has 7 heteroatoms. The van der Waals surface area contributed by atoms with Gasteiger partial charge in [-0.25, -0.2) is 13.4 Å². The van der Waals surface area contributed by atoms with Crippen molar-refractivity contribution in [1.82, 2.24) is 4.98 Å². The number of anilines is 1. The molecule has 2 heterocycles. The molecule has 1 aromatic rings. The smallest absolute Gasteiger partial charge is 0.154 e. The van der Waals surface area contributed by atoms with Gasteiger partial charge in [-0.1, -0.05) is 12.2 Å². The summed E-state index contributed by atoms with van der Waals surface area (Å²) in [5.74, 6) is 1.11. The molecule has 0 spiro atoms. The number of aromatic nitrogens is 1. The third kappa shape index (κ3) is 2.78. The highest BCUT2D eigenvalue weighted by Crippen LogP contribution is 2.19. The lowest BCUT2D eigenvalue weighted by Crippen LogP contribution is -2.47. The maximum atomic E-state index is 11.5. The van der Waals surface area contributed by atoms with Gasteiger partial charge in [0, 0.05) is 24.3 Å². The van der Waals surface area contributed by atoms with Crippen molar-refractivity contribution in [3.8, 4) is 0 Å². The van der Waals surface area contributed by atoms with E-state index >= 15 is 0 Å². The summed E-state index contributed by atoms with van der Waals surface area (Å²) in [7, 11) is -2.90. The van der Waals surface area contributed by atoms with Crippen molar-refractivity contribution in [2.24, 2.45) is 5.73 Å². The minimum Gasteiger partial charge on any atom is -0.389 e. The summed E-state index contributed by atoms with van der Waals surface area (Å²) in [4.78, 5) is 6.58. The number of nitrogens with two attached hydrogens (primary N) is 1. The first-order valence-corrected chi connectivity index (χ1v) is 7.85. The Bertz CT molecular complexity index is 554. The average Bonchev–Trinajstić information content (AvgIpc) is 2.28. The average molecular weight is 285 g/mol. The molecule has 1 atom stereocenters. The third-order valence-electron chi connectivity index (χ3n) is 3.00. The van der Waals surface area contributed by atoms with Crippen molar-refractivity contribution in [3.05, 3.63) is 23.9 Å². The molecule has 1 aromatic heterocycles. The van der Waals surface area contributed by atoms with E-state index in [0.29, 0.717) is 17.1 Å². The van der Waals surface area contributed by atoms with Gasteiger partial charge in [0.1, 0.15) is 10.8 Å². The first-order valence-electron chi connectivity index (χ1n) is 5.62. The molecular formula is C11H15N3O2S2. The largest absolute Gasteiger partial charge is 0.389 e. The molecule has 2 N–H and O–H groups in total. The van der Waals surface area contributed by atoms with Gasteiger partial charge in [-0.15, -0.1) is 0 Å². The third-order valence-corrected chi connectivity index (χ3v) is 5.03. The predicted molar refractivity (Wildman–Crippen MR) is 75.6 cm³/mol. The molecule has 0 amide bonds. The molecule has 0 saturated carbocycles. The van der Waals surface area contributed by atoms with Gasteiger partial charge in [0.05, 0.1) is 11.5 Å². The molecule has 1 fully saturated rings. The van der Waals surface area contributed by atoms with E-state index < -0.39 is 9.84 Å². The second-order valence-corrected chi connectivity index (χ2v) is 7.09. The van der Waals surface area contributed by atoms with Gasteiger partial charge in [-0.3, -0.25) is 0 Å². The molecule has 0 aromatic carbocycles. The standard InChI is InChI=1S/C11H15N3O2S2/c1-8-7-18(15,16)5-4-14(8)10-3-2-9(6-13-10)11(12)17/h2-3,6,8H,4-5,7H2,1H3,(H2,12,17). The van der Waals surface area contributed by atoms with Crippen LogP contribution in [0.4, 0.5) is 5.82 Å². The number of thiocarbonyl (C=S) groups is 1. The van der Waals surface area contributed by atoms with Gasteiger partial charge >= 0.3 is 0 Å². The normalized spacial score (nSPS) is 22.7. The van der Waals surface area contributed by atoms with Crippen molar-refractivity contribution < 1.29 is 8.42 Å². The molecule has 0 bridgehead atoms. The lowest BCUT2D eigenvalue weighted by molar-refractivity contribution is 0.567. The second kappa shape index (κ2) is 4.81. The van der Waals surface area contributed by atoms with Gasteiger partial charge in [-0.2, -0.15) is 0 Å². The number of hydrogen-bond donors (Lipinski definition) is 1. The van der Waals surface area contributed by atoms with Gasteiger partial charge in [-0.05, 0) is 19.1 Å². The van der Waals surface area contributed by atoms with Crippen molar-refractivity contribution in [1.29, 1.82) is 0 Å². The Morgan fingerprint density at radius 3 is 2.78 bits per heavy atom. The van der Waals surface area contributed by atoms with Crippen molar-refractivity contribution in [3.63, 3.8) is 0 Å². The Hall–Kier alpha value is -1.21. The highest BCUT2D eigenvalue weighted by Gasteiger charge is 2.28. The zero-order chi connectivity index (χ0) is 13.3. The molecular weight excluding hydrogens is 270 g/mol. The first kappa shape index (κ1) is 13.2. The lowest BCUT2D eigenvalue weighted by Gasteiger charge is -2.34. The minimum absolute atomic E-state index is 0.0630. The van der Waals surface area contributed by atoms with E-state index in [4.69, 9.17) is 18.0 Å². The maximum absolute atomic E-state index is 11.5. The van der Waals surface area contributed by atoms with Crippen LogP contribution in [-0.4, -0.2) is 42.5 Å². The summed E-state index contributed by atoms with van der Waals surface area (Å²) in [6.45, 7) is 2.36. The fourth-order valence-corrected chi connectivity index (χ4v) is 3.72. The summed E-state index contributed by atoms with van der Waals surface area (Å²) in [5, 5.41) is 0. The Labute approximate surface area is 112 Å². The second-order valence-electron chi connectivity index (χ2n) is 4.43. The van der Waals surface area contributed by atoms with E-state index in [1.54, 1.807) is 12.3 Å². The molecule has 18 heavy (non-hydrogen) atoms. The summed E-state index contributed by atoms with van der Waals surface area (Å²) in [6, 6.07) is 3.57. The molecule has 1 aliphatic heterocycles. The Morgan fingerprint density at radius 2 is 2.28 bits per heavy atom. The number of nitrogens with zero attached hydrogens (tertiary/aromatic N) is 2. The van der Waals surface area contributed by atoms with Crippen LogP contribution in [0.3, 0.4) is 0 Å². The summed E-state index contributed by atoms with van der Waals surface area (Å²) < 4.78 is 23.0. The van der Waals surface area contributed by atoms with Crippen LogP contribution in [0.5, 0.6) is 0 Å². The summed E-state index contributed by atoms with van der Waals surface area (Å²) >= 11 is 4.86. The van der Waals surface area contributed by atoms with Gasteiger partial charge < -0.3 is 10.6 Å². The molecule has 0 radical (unpaired) electrons. The summed E-state index contributed by atoms with van der Waals surface area (Å²) in [6.07, 6.45) is 1.62. The SMILES string of the molecule is CC1CS(=O)(=O)CCN1c1ccc(C(N)=S)cn1. The molecule has 1 saturated heterocycles. The van der Waals surface area contributed by atoms with Crippen LogP contribution in [0.15, 0.2) is 18.3 Å². The number of rotatable bonds is 2. The number of hydrogen-bond acceptors (Lipinski definition) is 5. The maximum Gasteiger partial charge on any atom is 0.154 e. The molecule has 98 valence electrons. The van der Waals surface area contributed by atoms with Crippen LogP contribution in [0.25, 0.3) is 0 Å². The zero-order valence-corrected chi connectivity index (χ0v) is 11.7. The fourth-order valence-electron chi connectivity index (χ4n) is 2.04. The van der Waals surface area contributed by atoms with Gasteiger partial charge in [0.2, 0.25) is 0 Å². The Morgan fingerprint density at radius 1 is 1.56 bits per heavy atom. The van der Waals surface area contributed by atoms with Crippen LogP contribution >= 0.6 is 12.2 Å². The van der Waals surface area contributed by atoms with Crippen LogP contribution in [-0.2, 0) is 9.84 Å². The van der Waals surface area contributed by atoms with Crippen molar-refractivity contribution in [2.45, 2.75) is 13.0 Å². The molecule has 0 aliphatic carbocycles. The van der Waals surface area contributed by atoms with Gasteiger partial charge in [0.25, 0.3) is 0 Å². The molecule has 5 nitrogen and oxygen atoms in total. The topological polar surface area (TPSA) is 76.3 Å². The van der Waals surface area contributed by atoms with E-state index in [2.05, 4.69) is 4.98 Å². The zero-order valence-electron chi connectivity index (χ0n) is 10.0. The number of sulfone groups is 1. The predicted octanol–water partition coefficient (Wildman–Crippen LogP) is 0.339. The Balaban J connectivity index is 2.20. The highest BCUT2D eigenvalue weighted by atomic mass is 32.2. The van der Waals surface area contributed by atoms with Crippen LogP contribution in [0.1, 0.15) is 12.5 Å². The minimum atomic E-state index is -2.90. The Kier molecular flexibility index (Phi) is 3.54. The van der Waals surface area contributed by atoms with E-state index in [-0.39, 0.29) is 17.5 Å². The molecule has 1 unspecified atom stereocenters. The fraction of sp³-hybridized carbons (Fsp3) is 0.455. The number of pyridine rings is 1. The van der Waals surface area contributed by atoms with Crippen LogP contribution in [0.2, 0.25) is 0 Å². The van der Waals surface area contributed by atoms with Crippen LogP contribution < -0.4 is 10.6 Å². The van der Waals surface area contributed by atoms with E-state index in [1.165, 1.54) is 0 Å².